The highest BCUT2D eigenvalue weighted by atomic mass is 35.5. The molecule has 17 nitrogen and oxygen atoms in total. The summed E-state index contributed by atoms with van der Waals surface area (Å²) in [5.74, 6) is -6.96. The highest BCUT2D eigenvalue weighted by molar-refractivity contribution is 6.34. The Kier molecular flexibility index (Phi) is 11.5. The van der Waals surface area contributed by atoms with E-state index in [1.165, 1.54) is 43.5 Å². The summed E-state index contributed by atoms with van der Waals surface area (Å²) in [6.07, 6.45) is 5.85. The van der Waals surface area contributed by atoms with Gasteiger partial charge in [0.25, 0.3) is 23.6 Å². The Morgan fingerprint density at radius 1 is 1.02 bits per heavy atom. The number of halogens is 3. The van der Waals surface area contributed by atoms with Crippen molar-refractivity contribution >= 4 is 70.2 Å². The van der Waals surface area contributed by atoms with E-state index < -0.39 is 54.0 Å². The molecular formula is C41H44ClF2N9O8. The van der Waals surface area contributed by atoms with Crippen molar-refractivity contribution in [1.29, 1.82) is 0 Å². The van der Waals surface area contributed by atoms with E-state index in [9.17, 15) is 28.8 Å². The predicted molar refractivity (Wildman–Crippen MR) is 217 cm³/mol. The van der Waals surface area contributed by atoms with Crippen LogP contribution in [0.5, 0.6) is 11.5 Å². The molecule has 20 heteroatoms. The fraction of sp³-hybridized carbons (Fsp3) is 0.463. The standard InChI is InChI=1S/C41H44ClF2N9O8/c1-50-29-20-45-40(49-34(29)52(23-6-3-4-7-23)21-41(43,44)39(50)59)47-27-19-26(42)25(18-31(27)60-2)35(55)46-22-12-14-51(15-13-22)16-17-61-30-9-5-8-24-33(30)38(58)53(37(24)57)28-10-11-32(54)48-36(28)56/h5,8-9,18-20,22-23,28H,3-4,6-7,10-17,21H2,1-2H3,(H,46,55)(H,45,47,49)(H,48,54,56). The summed E-state index contributed by atoms with van der Waals surface area (Å²) in [6, 6.07) is 6.28. The van der Waals surface area contributed by atoms with Gasteiger partial charge in [-0.2, -0.15) is 13.8 Å². The molecule has 1 aromatic heterocycles. The summed E-state index contributed by atoms with van der Waals surface area (Å²) in [7, 11) is 2.71. The smallest absolute Gasteiger partial charge is 0.342 e. The van der Waals surface area contributed by atoms with Crippen molar-refractivity contribution in [3.05, 3.63) is 58.2 Å². The molecule has 3 fully saturated rings. The number of rotatable bonds is 11. The highest BCUT2D eigenvalue weighted by Gasteiger charge is 2.49. The third kappa shape index (κ3) is 8.15. The summed E-state index contributed by atoms with van der Waals surface area (Å²) < 4.78 is 41.7. The third-order valence-electron chi connectivity index (χ3n) is 11.9. The number of ether oxygens (including phenoxy) is 2. The molecule has 4 aliphatic heterocycles. The highest BCUT2D eigenvalue weighted by Crippen LogP contribution is 2.41. The molecule has 1 saturated carbocycles. The fourth-order valence-electron chi connectivity index (χ4n) is 8.67. The van der Waals surface area contributed by atoms with Crippen molar-refractivity contribution in [3.8, 4) is 11.5 Å². The number of amides is 6. The number of fused-ring (bicyclic) bond motifs is 2. The second-order valence-corrected chi connectivity index (χ2v) is 16.2. The van der Waals surface area contributed by atoms with E-state index in [-0.39, 0.29) is 82.2 Å². The van der Waals surface area contributed by atoms with Crippen LogP contribution in [0.2, 0.25) is 5.02 Å². The number of carbonyl (C=O) groups excluding carboxylic acids is 6. The van der Waals surface area contributed by atoms with Crippen molar-refractivity contribution in [2.24, 2.45) is 0 Å². The number of piperidine rings is 2. The molecule has 0 spiro atoms. The van der Waals surface area contributed by atoms with Crippen LogP contribution < -0.4 is 35.2 Å². The molecule has 5 heterocycles. The van der Waals surface area contributed by atoms with Crippen molar-refractivity contribution in [1.82, 2.24) is 30.4 Å². The van der Waals surface area contributed by atoms with Gasteiger partial charge in [0.2, 0.25) is 17.8 Å². The number of likely N-dealkylation sites (tertiary alicyclic amines) is 1. The fourth-order valence-corrected chi connectivity index (χ4v) is 8.92. The average Bonchev–Trinajstić information content (AvgIpc) is 3.85. The number of imide groups is 2. The molecule has 1 unspecified atom stereocenters. The van der Waals surface area contributed by atoms with Gasteiger partial charge in [0, 0.05) is 45.2 Å². The molecule has 1 aliphatic carbocycles. The predicted octanol–water partition coefficient (Wildman–Crippen LogP) is 3.92. The number of aromatic nitrogens is 2. The molecule has 322 valence electrons. The van der Waals surface area contributed by atoms with Gasteiger partial charge in [-0.1, -0.05) is 30.5 Å². The molecular weight excluding hydrogens is 820 g/mol. The maximum absolute atomic E-state index is 15.1. The van der Waals surface area contributed by atoms with Gasteiger partial charge in [0.05, 0.1) is 47.3 Å². The summed E-state index contributed by atoms with van der Waals surface area (Å²) in [4.78, 5) is 91.2. The maximum Gasteiger partial charge on any atom is 0.342 e. The summed E-state index contributed by atoms with van der Waals surface area (Å²) >= 11 is 6.66. The molecule has 0 radical (unpaired) electrons. The first-order valence-corrected chi connectivity index (χ1v) is 20.6. The number of carbonyl (C=O) groups is 6. The molecule has 5 aliphatic rings. The number of benzene rings is 2. The van der Waals surface area contributed by atoms with Crippen LogP contribution in [0.3, 0.4) is 0 Å². The van der Waals surface area contributed by atoms with E-state index in [2.05, 4.69) is 30.8 Å². The third-order valence-corrected chi connectivity index (χ3v) is 12.2. The zero-order valence-electron chi connectivity index (χ0n) is 33.5. The van der Waals surface area contributed by atoms with Gasteiger partial charge in [-0.15, -0.1) is 0 Å². The quantitative estimate of drug-likeness (QED) is 0.235. The molecule has 2 aromatic carbocycles. The van der Waals surface area contributed by atoms with Crippen LogP contribution in [0.4, 0.5) is 31.9 Å². The van der Waals surface area contributed by atoms with Crippen LogP contribution in [0.15, 0.2) is 36.5 Å². The minimum atomic E-state index is -3.62. The number of hydrogen-bond acceptors (Lipinski definition) is 13. The Morgan fingerprint density at radius 3 is 2.49 bits per heavy atom. The number of methoxy groups -OCH3 is 1. The number of anilines is 4. The Morgan fingerprint density at radius 2 is 1.77 bits per heavy atom. The molecule has 61 heavy (non-hydrogen) atoms. The Balaban J connectivity index is 0.866. The van der Waals surface area contributed by atoms with Crippen LogP contribution in [-0.2, 0) is 14.4 Å². The first-order valence-electron chi connectivity index (χ1n) is 20.2. The Bertz CT molecular complexity index is 2300. The van der Waals surface area contributed by atoms with Crippen molar-refractivity contribution in [3.63, 3.8) is 0 Å². The number of nitrogens with one attached hydrogen (secondary N) is 3. The lowest BCUT2D eigenvalue weighted by molar-refractivity contribution is -0.140. The Hall–Kier alpha value is -5.95. The molecule has 3 N–H and O–H groups in total. The normalized spacial score (nSPS) is 21.0. The van der Waals surface area contributed by atoms with Crippen LogP contribution in [0.25, 0.3) is 0 Å². The monoisotopic (exact) mass is 863 g/mol. The van der Waals surface area contributed by atoms with Gasteiger partial charge in [0.1, 0.15) is 29.8 Å². The topological polar surface area (TPSA) is 196 Å². The molecule has 8 rings (SSSR count). The van der Waals surface area contributed by atoms with Crippen molar-refractivity contribution in [2.75, 3.05) is 62.1 Å². The lowest BCUT2D eigenvalue weighted by Crippen LogP contribution is -2.54. The second kappa shape index (κ2) is 16.8. The lowest BCUT2D eigenvalue weighted by atomic mass is 10.0. The minimum Gasteiger partial charge on any atom is -0.495 e. The molecule has 2 saturated heterocycles. The van der Waals surface area contributed by atoms with E-state index in [1.54, 1.807) is 12.1 Å². The van der Waals surface area contributed by atoms with Gasteiger partial charge in [0.15, 0.2) is 5.82 Å². The zero-order valence-corrected chi connectivity index (χ0v) is 34.2. The van der Waals surface area contributed by atoms with Crippen LogP contribution in [-0.4, -0.2) is 126 Å². The first kappa shape index (κ1) is 41.8. The maximum atomic E-state index is 15.1. The largest absolute Gasteiger partial charge is 0.495 e. The SMILES string of the molecule is COc1cc(C(=O)NC2CCN(CCOc3cccc4c3C(=O)N(C3CCC(=O)NC3=O)C4=O)CC2)c(Cl)cc1Nc1ncc2c(n1)N(C1CCCC1)CC(F)(F)C(=O)N2C. The van der Waals surface area contributed by atoms with Crippen LogP contribution in [0.1, 0.15) is 82.4 Å². The first-order chi connectivity index (χ1) is 29.2. The van der Waals surface area contributed by atoms with Gasteiger partial charge >= 0.3 is 5.92 Å². The zero-order chi connectivity index (χ0) is 43.2. The van der Waals surface area contributed by atoms with E-state index in [1.807, 2.05) is 0 Å². The second-order valence-electron chi connectivity index (χ2n) is 15.8. The van der Waals surface area contributed by atoms with Gasteiger partial charge in [-0.3, -0.25) is 43.9 Å². The molecule has 0 bridgehead atoms. The molecule has 1 atom stereocenters. The van der Waals surface area contributed by atoms with E-state index in [0.717, 1.165) is 22.6 Å². The van der Waals surface area contributed by atoms with Gasteiger partial charge in [-0.25, -0.2) is 4.98 Å². The summed E-state index contributed by atoms with van der Waals surface area (Å²) in [5, 5.41) is 8.42. The summed E-state index contributed by atoms with van der Waals surface area (Å²) in [6.45, 7) is 1.21. The van der Waals surface area contributed by atoms with Crippen LogP contribution >= 0.6 is 11.6 Å². The van der Waals surface area contributed by atoms with Crippen molar-refractivity contribution in [2.45, 2.75) is 75.4 Å². The number of nitrogens with zero attached hydrogens (tertiary/aromatic N) is 6. The van der Waals surface area contributed by atoms with Gasteiger partial charge < -0.3 is 29.9 Å². The van der Waals surface area contributed by atoms with Crippen LogP contribution in [0, 0.1) is 0 Å². The Labute approximate surface area is 354 Å². The number of alkyl halides is 2. The van der Waals surface area contributed by atoms with Gasteiger partial charge in [-0.05, 0) is 56.4 Å². The minimum absolute atomic E-state index is 0.0235. The average molecular weight is 864 g/mol. The van der Waals surface area contributed by atoms with E-state index >= 15 is 8.78 Å². The van der Waals surface area contributed by atoms with E-state index in [4.69, 9.17) is 21.1 Å². The summed E-state index contributed by atoms with van der Waals surface area (Å²) in [5.41, 5.74) is 0.911. The number of hydrogen-bond donors (Lipinski definition) is 3. The molecule has 6 amide bonds. The molecule has 3 aromatic rings. The lowest BCUT2D eigenvalue weighted by Gasteiger charge is -2.32. The van der Waals surface area contributed by atoms with E-state index in [0.29, 0.717) is 51.0 Å². The van der Waals surface area contributed by atoms with Crippen molar-refractivity contribution < 1.29 is 47.0 Å².